The fourth-order valence-electron chi connectivity index (χ4n) is 4.39. The Labute approximate surface area is 209 Å². The highest BCUT2D eigenvalue weighted by molar-refractivity contribution is 5.88. The van der Waals surface area contributed by atoms with Gasteiger partial charge in [0.2, 0.25) is 0 Å². The van der Waals surface area contributed by atoms with Crippen LogP contribution in [0.5, 0.6) is 5.75 Å². The summed E-state index contributed by atoms with van der Waals surface area (Å²) in [7, 11) is 0. The number of rotatable bonds is 8. The Kier molecular flexibility index (Phi) is 6.95. The lowest BCUT2D eigenvalue weighted by atomic mass is 9.98. The Morgan fingerprint density at radius 1 is 1.06 bits per heavy atom. The van der Waals surface area contributed by atoms with Gasteiger partial charge in [0, 0.05) is 18.5 Å². The highest BCUT2D eigenvalue weighted by Crippen LogP contribution is 2.25. The average molecular weight is 485 g/mol. The molecule has 0 radical (unpaired) electrons. The van der Waals surface area contributed by atoms with Crippen LogP contribution in [0, 0.1) is 5.92 Å². The summed E-state index contributed by atoms with van der Waals surface area (Å²) in [6.45, 7) is 2.30. The molecule has 3 heterocycles. The standard InChI is InChI=1S/C28H28N4O4/c33-27(25-10-8-20-4-1-2-7-24(20)31-25)30-22-9-11-26(29-17-22)32-14-12-19(13-15-32)18-36-23-6-3-5-21(16-23)28(34)35/h1-11,16-17,19,27,30,33H,12-15,18H2,(H,34,35). The molecule has 8 nitrogen and oxygen atoms in total. The van der Waals surface area contributed by atoms with Crippen molar-refractivity contribution in [2.45, 2.75) is 19.1 Å². The van der Waals surface area contributed by atoms with Gasteiger partial charge in [-0.05, 0) is 61.2 Å². The van der Waals surface area contributed by atoms with Crippen molar-refractivity contribution in [3.05, 3.63) is 90.3 Å². The van der Waals surface area contributed by atoms with Gasteiger partial charge < -0.3 is 25.2 Å². The third kappa shape index (κ3) is 5.55. The number of pyridine rings is 2. The lowest BCUT2D eigenvalue weighted by Gasteiger charge is -2.32. The van der Waals surface area contributed by atoms with Gasteiger partial charge in [-0.25, -0.2) is 14.8 Å². The van der Waals surface area contributed by atoms with E-state index in [-0.39, 0.29) is 5.56 Å². The van der Waals surface area contributed by atoms with E-state index in [2.05, 4.69) is 20.2 Å². The van der Waals surface area contributed by atoms with E-state index in [0.29, 0.717) is 29.7 Å². The van der Waals surface area contributed by atoms with Gasteiger partial charge in [0.05, 0.1) is 35.3 Å². The first kappa shape index (κ1) is 23.6. The number of hydrogen-bond donors (Lipinski definition) is 3. The van der Waals surface area contributed by atoms with Gasteiger partial charge in [-0.3, -0.25) is 0 Å². The zero-order chi connectivity index (χ0) is 24.9. The highest BCUT2D eigenvalue weighted by Gasteiger charge is 2.21. The molecule has 5 rings (SSSR count). The van der Waals surface area contributed by atoms with E-state index in [1.807, 2.05) is 48.5 Å². The minimum absolute atomic E-state index is 0.229. The Hall–Kier alpha value is -4.17. The molecule has 2 aromatic heterocycles. The number of aromatic nitrogens is 2. The van der Waals surface area contributed by atoms with Crippen LogP contribution >= 0.6 is 0 Å². The van der Waals surface area contributed by atoms with Crippen LogP contribution in [0.15, 0.2) is 79.0 Å². The molecule has 1 aliphatic rings. The molecule has 1 unspecified atom stereocenters. The van der Waals surface area contributed by atoms with Crippen molar-refractivity contribution in [3.63, 3.8) is 0 Å². The van der Waals surface area contributed by atoms with Gasteiger partial charge in [0.15, 0.2) is 6.23 Å². The molecule has 1 aliphatic heterocycles. The molecule has 8 heteroatoms. The second-order valence-corrected chi connectivity index (χ2v) is 8.96. The van der Waals surface area contributed by atoms with Crippen LogP contribution in [-0.2, 0) is 0 Å². The maximum Gasteiger partial charge on any atom is 0.335 e. The first-order valence-electron chi connectivity index (χ1n) is 12.0. The highest BCUT2D eigenvalue weighted by atomic mass is 16.5. The normalized spacial score (nSPS) is 15.0. The summed E-state index contributed by atoms with van der Waals surface area (Å²) in [6.07, 6.45) is 2.72. The molecule has 1 atom stereocenters. The molecule has 3 N–H and O–H groups in total. The molecule has 0 amide bonds. The molecule has 1 fully saturated rings. The first-order valence-corrected chi connectivity index (χ1v) is 12.0. The van der Waals surface area contributed by atoms with E-state index in [1.165, 1.54) is 0 Å². The summed E-state index contributed by atoms with van der Waals surface area (Å²) in [4.78, 5) is 22.5. The Morgan fingerprint density at radius 2 is 1.89 bits per heavy atom. The first-order chi connectivity index (χ1) is 17.5. The van der Waals surface area contributed by atoms with Gasteiger partial charge in [0.25, 0.3) is 0 Å². The van der Waals surface area contributed by atoms with Crippen molar-refractivity contribution in [1.29, 1.82) is 0 Å². The summed E-state index contributed by atoms with van der Waals surface area (Å²) in [5.41, 5.74) is 2.34. The number of nitrogens with zero attached hydrogens (tertiary/aromatic N) is 3. The van der Waals surface area contributed by atoms with Crippen molar-refractivity contribution < 1.29 is 19.7 Å². The number of carboxylic acid groups (broad SMARTS) is 1. The summed E-state index contributed by atoms with van der Waals surface area (Å²) in [5.74, 6) is 0.929. The number of benzene rings is 2. The van der Waals surface area contributed by atoms with E-state index in [1.54, 1.807) is 30.5 Å². The molecule has 36 heavy (non-hydrogen) atoms. The summed E-state index contributed by atoms with van der Waals surface area (Å²) in [6, 6.07) is 22.0. The number of para-hydroxylation sites is 1. The Bertz CT molecular complexity index is 1340. The van der Waals surface area contributed by atoms with Crippen molar-refractivity contribution in [2.75, 3.05) is 29.9 Å². The predicted octanol–water partition coefficient (Wildman–Crippen LogP) is 4.73. The zero-order valence-corrected chi connectivity index (χ0v) is 19.7. The van der Waals surface area contributed by atoms with Crippen LogP contribution in [0.2, 0.25) is 0 Å². The topological polar surface area (TPSA) is 108 Å². The molecule has 0 bridgehead atoms. The fourth-order valence-corrected chi connectivity index (χ4v) is 4.39. The van der Waals surface area contributed by atoms with Gasteiger partial charge in [0.1, 0.15) is 11.6 Å². The quantitative estimate of drug-likeness (QED) is 0.308. The lowest BCUT2D eigenvalue weighted by molar-refractivity contribution is 0.0696. The third-order valence-electron chi connectivity index (χ3n) is 6.46. The van der Waals surface area contributed by atoms with E-state index < -0.39 is 12.2 Å². The van der Waals surface area contributed by atoms with Gasteiger partial charge >= 0.3 is 5.97 Å². The fraction of sp³-hybridized carbons (Fsp3) is 0.250. The van der Waals surface area contributed by atoms with Crippen LogP contribution in [-0.4, -0.2) is 45.8 Å². The maximum absolute atomic E-state index is 11.1. The summed E-state index contributed by atoms with van der Waals surface area (Å²) < 4.78 is 5.86. The molecule has 2 aromatic carbocycles. The number of nitrogens with one attached hydrogen (secondary N) is 1. The molecular formula is C28H28N4O4. The van der Waals surface area contributed by atoms with Crippen LogP contribution < -0.4 is 15.0 Å². The average Bonchev–Trinajstić information content (AvgIpc) is 2.92. The van der Waals surface area contributed by atoms with Crippen LogP contribution in [0.1, 0.15) is 35.1 Å². The van der Waals surface area contributed by atoms with Crippen LogP contribution in [0.25, 0.3) is 10.9 Å². The summed E-state index contributed by atoms with van der Waals surface area (Å²) >= 11 is 0. The maximum atomic E-state index is 11.1. The van der Waals surface area contributed by atoms with Crippen LogP contribution in [0.4, 0.5) is 11.5 Å². The van der Waals surface area contributed by atoms with Gasteiger partial charge in [-0.2, -0.15) is 0 Å². The minimum atomic E-state index is -0.956. The molecule has 1 saturated heterocycles. The Balaban J connectivity index is 1.12. The minimum Gasteiger partial charge on any atom is -0.493 e. The van der Waals surface area contributed by atoms with E-state index in [4.69, 9.17) is 9.84 Å². The Morgan fingerprint density at radius 3 is 2.67 bits per heavy atom. The summed E-state index contributed by atoms with van der Waals surface area (Å²) in [5, 5.41) is 23.8. The van der Waals surface area contributed by atoms with Crippen molar-refractivity contribution in [3.8, 4) is 5.75 Å². The molecule has 0 saturated carbocycles. The van der Waals surface area contributed by atoms with Crippen molar-refractivity contribution >= 4 is 28.4 Å². The van der Waals surface area contributed by atoms with E-state index in [9.17, 15) is 9.90 Å². The van der Waals surface area contributed by atoms with Crippen LogP contribution in [0.3, 0.4) is 0 Å². The molecule has 4 aromatic rings. The SMILES string of the molecule is O=C(O)c1cccc(OCC2CCN(c3ccc(NC(O)c4ccc5ccccc5n4)cn3)CC2)c1. The number of fused-ring (bicyclic) bond motifs is 1. The van der Waals surface area contributed by atoms with E-state index >= 15 is 0 Å². The number of hydrogen-bond acceptors (Lipinski definition) is 7. The van der Waals surface area contributed by atoms with Crippen molar-refractivity contribution in [2.24, 2.45) is 5.92 Å². The number of aliphatic hydroxyl groups excluding tert-OH is 1. The van der Waals surface area contributed by atoms with Gasteiger partial charge in [-0.15, -0.1) is 0 Å². The third-order valence-corrected chi connectivity index (χ3v) is 6.46. The smallest absolute Gasteiger partial charge is 0.335 e. The zero-order valence-electron chi connectivity index (χ0n) is 19.7. The van der Waals surface area contributed by atoms with Crippen molar-refractivity contribution in [1.82, 2.24) is 9.97 Å². The number of anilines is 2. The largest absolute Gasteiger partial charge is 0.493 e. The molecule has 0 spiro atoms. The number of piperidine rings is 1. The lowest BCUT2D eigenvalue weighted by Crippen LogP contribution is -2.36. The number of ether oxygens (including phenoxy) is 1. The number of carbonyl (C=O) groups is 1. The number of aliphatic hydroxyl groups is 1. The predicted molar refractivity (Wildman–Crippen MR) is 138 cm³/mol. The number of carboxylic acids is 1. The molecule has 0 aliphatic carbocycles. The second-order valence-electron chi connectivity index (χ2n) is 8.96. The molecular weight excluding hydrogens is 456 g/mol. The monoisotopic (exact) mass is 484 g/mol. The van der Waals surface area contributed by atoms with E-state index in [0.717, 1.165) is 42.7 Å². The second kappa shape index (κ2) is 10.6. The van der Waals surface area contributed by atoms with Gasteiger partial charge in [-0.1, -0.05) is 30.3 Å². The number of aromatic carboxylic acids is 1. The molecule has 184 valence electrons.